The van der Waals surface area contributed by atoms with Crippen LogP contribution in [0.1, 0.15) is 24.8 Å². The van der Waals surface area contributed by atoms with Gasteiger partial charge in [-0.1, -0.05) is 23.2 Å². The van der Waals surface area contributed by atoms with Crippen LogP contribution in [0, 0.1) is 5.92 Å². The Kier molecular flexibility index (Phi) is 4.83. The molecule has 30 heavy (non-hydrogen) atoms. The van der Waals surface area contributed by atoms with Crippen LogP contribution >= 0.6 is 23.2 Å². The van der Waals surface area contributed by atoms with Crippen LogP contribution in [0.4, 0.5) is 5.69 Å². The summed E-state index contributed by atoms with van der Waals surface area (Å²) in [6.45, 7) is 1.26. The average Bonchev–Trinajstić information content (AvgIpc) is 3.52. The fourth-order valence-corrected chi connectivity index (χ4v) is 6.26. The average molecular weight is 469 g/mol. The van der Waals surface area contributed by atoms with Crippen LogP contribution in [0.2, 0.25) is 10.0 Å². The van der Waals surface area contributed by atoms with Crippen molar-refractivity contribution in [2.75, 3.05) is 24.7 Å². The second-order valence-electron chi connectivity index (χ2n) is 7.64. The fraction of sp³-hybridized carbons (Fsp3) is 0.400. The third-order valence-electron chi connectivity index (χ3n) is 5.57. The van der Waals surface area contributed by atoms with E-state index in [9.17, 15) is 13.2 Å². The predicted octanol–water partition coefficient (Wildman–Crippen LogP) is 3.57. The molecule has 2 aliphatic heterocycles. The van der Waals surface area contributed by atoms with Crippen LogP contribution in [0.5, 0.6) is 0 Å². The van der Waals surface area contributed by atoms with Crippen LogP contribution in [0.3, 0.4) is 0 Å². The van der Waals surface area contributed by atoms with E-state index >= 15 is 0 Å². The highest BCUT2D eigenvalue weighted by Gasteiger charge is 2.55. The molecule has 1 aliphatic carbocycles. The van der Waals surface area contributed by atoms with Gasteiger partial charge in [-0.15, -0.1) is 0 Å². The lowest BCUT2D eigenvalue weighted by Crippen LogP contribution is -2.47. The molecule has 158 valence electrons. The molecule has 7 nitrogen and oxygen atoms in total. The number of pyridine rings is 1. The number of carbonyl (C=O) groups is 1. The van der Waals surface area contributed by atoms with Crippen molar-refractivity contribution >= 4 is 44.6 Å². The van der Waals surface area contributed by atoms with E-state index in [1.54, 1.807) is 11.0 Å². The van der Waals surface area contributed by atoms with E-state index in [0.29, 0.717) is 43.3 Å². The molecule has 0 unspecified atom stereocenters. The van der Waals surface area contributed by atoms with Crippen molar-refractivity contribution < 1.29 is 22.7 Å². The lowest BCUT2D eigenvalue weighted by molar-refractivity contribution is -0.256. The van der Waals surface area contributed by atoms with Gasteiger partial charge in [0, 0.05) is 24.5 Å². The zero-order chi connectivity index (χ0) is 21.1. The normalized spacial score (nSPS) is 20.6. The number of sulfone groups is 1. The Labute approximate surface area is 183 Å². The number of anilines is 1. The Morgan fingerprint density at radius 3 is 2.43 bits per heavy atom. The van der Waals surface area contributed by atoms with Crippen molar-refractivity contribution in [3.05, 3.63) is 46.2 Å². The first kappa shape index (κ1) is 20.2. The highest BCUT2D eigenvalue weighted by atomic mass is 35.5. The van der Waals surface area contributed by atoms with Crippen molar-refractivity contribution in [2.24, 2.45) is 5.92 Å². The standard InChI is InChI=1S/C20H18Cl2N2O5S/c21-15-9-23-10-16(22)18(15)30(26,27)13-4-5-17-14(8-13)20(28-6-1-7-29-20)19(25)24(17)11-12-2-3-12/h4-5,8-10,12H,1-3,6-7,11H2. The molecule has 1 aromatic carbocycles. The number of aromatic nitrogens is 1. The molecule has 0 N–H and O–H groups in total. The van der Waals surface area contributed by atoms with Gasteiger partial charge < -0.3 is 14.4 Å². The van der Waals surface area contributed by atoms with Gasteiger partial charge in [-0.3, -0.25) is 9.78 Å². The van der Waals surface area contributed by atoms with Crippen LogP contribution in [0.15, 0.2) is 40.4 Å². The predicted molar refractivity (Wildman–Crippen MR) is 109 cm³/mol. The zero-order valence-electron chi connectivity index (χ0n) is 15.8. The van der Waals surface area contributed by atoms with E-state index in [4.69, 9.17) is 32.7 Å². The molecule has 3 aliphatic rings. The third-order valence-corrected chi connectivity index (χ3v) is 8.21. The number of ether oxygens (including phenoxy) is 2. The molecule has 1 saturated heterocycles. The number of benzene rings is 1. The molecule has 2 aromatic rings. The summed E-state index contributed by atoms with van der Waals surface area (Å²) in [6, 6.07) is 4.52. The fourth-order valence-electron chi connectivity index (χ4n) is 3.91. The van der Waals surface area contributed by atoms with E-state index in [-0.39, 0.29) is 25.7 Å². The molecule has 1 spiro atoms. The van der Waals surface area contributed by atoms with Gasteiger partial charge in [0.15, 0.2) is 0 Å². The summed E-state index contributed by atoms with van der Waals surface area (Å²) in [6.07, 6.45) is 5.25. The van der Waals surface area contributed by atoms with Crippen molar-refractivity contribution in [3.63, 3.8) is 0 Å². The minimum atomic E-state index is -4.07. The van der Waals surface area contributed by atoms with Gasteiger partial charge in [0.2, 0.25) is 9.84 Å². The number of fused-ring (bicyclic) bond motifs is 2. The van der Waals surface area contributed by atoms with Gasteiger partial charge in [0.05, 0.1) is 33.8 Å². The third kappa shape index (κ3) is 3.05. The van der Waals surface area contributed by atoms with E-state index in [0.717, 1.165) is 12.8 Å². The minimum Gasteiger partial charge on any atom is -0.338 e. The number of amides is 1. The number of nitrogens with zero attached hydrogens (tertiary/aromatic N) is 2. The van der Waals surface area contributed by atoms with Crippen LogP contribution in [-0.2, 0) is 29.9 Å². The van der Waals surface area contributed by atoms with Gasteiger partial charge in [-0.05, 0) is 43.4 Å². The Morgan fingerprint density at radius 2 is 1.80 bits per heavy atom. The molecule has 2 fully saturated rings. The molecular formula is C20H18Cl2N2O5S. The molecule has 1 saturated carbocycles. The van der Waals surface area contributed by atoms with Crippen LogP contribution < -0.4 is 4.90 Å². The van der Waals surface area contributed by atoms with Crippen LogP contribution in [-0.4, -0.2) is 39.1 Å². The van der Waals surface area contributed by atoms with Crippen molar-refractivity contribution in [1.82, 2.24) is 4.98 Å². The topological polar surface area (TPSA) is 85.8 Å². The summed E-state index contributed by atoms with van der Waals surface area (Å²) in [5.41, 5.74) is 1.01. The Hall–Kier alpha value is -1.71. The summed E-state index contributed by atoms with van der Waals surface area (Å²) >= 11 is 12.2. The van der Waals surface area contributed by atoms with E-state index in [1.165, 1.54) is 24.5 Å². The van der Waals surface area contributed by atoms with E-state index in [2.05, 4.69) is 4.98 Å². The molecule has 10 heteroatoms. The van der Waals surface area contributed by atoms with Gasteiger partial charge in [0.25, 0.3) is 11.7 Å². The summed E-state index contributed by atoms with van der Waals surface area (Å²) in [7, 11) is -4.07. The van der Waals surface area contributed by atoms with Gasteiger partial charge in [-0.25, -0.2) is 8.42 Å². The Bertz CT molecular complexity index is 1120. The quantitative estimate of drug-likeness (QED) is 0.681. The zero-order valence-corrected chi connectivity index (χ0v) is 18.1. The molecule has 1 amide bonds. The summed E-state index contributed by atoms with van der Waals surface area (Å²) in [5.74, 6) is -1.48. The maximum Gasteiger partial charge on any atom is 0.292 e. The highest BCUT2D eigenvalue weighted by molar-refractivity contribution is 7.91. The Morgan fingerprint density at radius 1 is 1.13 bits per heavy atom. The maximum atomic E-state index is 13.3. The van der Waals surface area contributed by atoms with Gasteiger partial charge in [0.1, 0.15) is 4.90 Å². The Balaban J connectivity index is 1.65. The molecule has 0 radical (unpaired) electrons. The molecular weight excluding hydrogens is 451 g/mol. The smallest absolute Gasteiger partial charge is 0.292 e. The second-order valence-corrected chi connectivity index (χ2v) is 10.3. The lowest BCUT2D eigenvalue weighted by Gasteiger charge is -2.32. The first-order valence-electron chi connectivity index (χ1n) is 9.63. The number of carbonyl (C=O) groups excluding carboxylic acids is 1. The van der Waals surface area contributed by atoms with Crippen molar-refractivity contribution in [1.29, 1.82) is 0 Å². The molecule has 0 bridgehead atoms. The monoisotopic (exact) mass is 468 g/mol. The lowest BCUT2D eigenvalue weighted by atomic mass is 10.1. The van der Waals surface area contributed by atoms with Crippen molar-refractivity contribution in [3.8, 4) is 0 Å². The molecule has 3 heterocycles. The number of hydrogen-bond donors (Lipinski definition) is 0. The summed E-state index contributed by atoms with van der Waals surface area (Å²) in [5, 5.41) is -0.149. The SMILES string of the molecule is O=C1N(CC2CC2)c2ccc(S(=O)(=O)c3c(Cl)cncc3Cl)cc2C12OCCCO2. The molecule has 5 rings (SSSR count). The highest BCUT2D eigenvalue weighted by Crippen LogP contribution is 2.48. The number of rotatable bonds is 4. The molecule has 1 aromatic heterocycles. The number of hydrogen-bond acceptors (Lipinski definition) is 6. The molecule has 0 atom stereocenters. The second kappa shape index (κ2) is 7.17. The summed E-state index contributed by atoms with van der Waals surface area (Å²) < 4.78 is 38.3. The van der Waals surface area contributed by atoms with Gasteiger partial charge >= 0.3 is 0 Å². The van der Waals surface area contributed by atoms with Crippen molar-refractivity contribution in [2.45, 2.75) is 34.8 Å². The van der Waals surface area contributed by atoms with Gasteiger partial charge in [-0.2, -0.15) is 0 Å². The van der Waals surface area contributed by atoms with Crippen LogP contribution in [0.25, 0.3) is 0 Å². The first-order valence-corrected chi connectivity index (χ1v) is 11.9. The largest absolute Gasteiger partial charge is 0.338 e. The first-order chi connectivity index (χ1) is 14.3. The summed E-state index contributed by atoms with van der Waals surface area (Å²) in [4.78, 5) is 18.5. The minimum absolute atomic E-state index is 0.0468. The number of halogens is 2. The van der Waals surface area contributed by atoms with E-state index in [1.807, 2.05) is 0 Å². The van der Waals surface area contributed by atoms with E-state index < -0.39 is 15.6 Å². The maximum absolute atomic E-state index is 13.3.